The normalized spacial score (nSPS) is 13.0. The van der Waals surface area contributed by atoms with Crippen molar-refractivity contribution in [2.24, 2.45) is 0 Å². The lowest BCUT2D eigenvalue weighted by Crippen LogP contribution is -2.10. The minimum atomic E-state index is 0.667. The minimum absolute atomic E-state index is 0.667. The second-order valence-corrected chi connectivity index (χ2v) is 5.86. The van der Waals surface area contributed by atoms with Crippen LogP contribution in [-0.4, -0.2) is 29.9 Å². The maximum Gasteiger partial charge on any atom is 0.203 e. The Morgan fingerprint density at radius 3 is 3.24 bits per heavy atom. The minimum Gasteiger partial charge on any atom is -0.493 e. The number of hydrogen-bond donors (Lipinski definition) is 1. The Labute approximate surface area is 132 Å². The summed E-state index contributed by atoms with van der Waals surface area (Å²) in [6, 6.07) is 4.23. The van der Waals surface area contributed by atoms with Gasteiger partial charge in [-0.05, 0) is 17.7 Å². The monoisotopic (exact) mass is 351 g/mol. The van der Waals surface area contributed by atoms with Crippen LogP contribution in [0.2, 0.25) is 0 Å². The Morgan fingerprint density at radius 2 is 2.38 bits per heavy atom. The first-order chi connectivity index (χ1) is 10.3. The fourth-order valence-electron chi connectivity index (χ4n) is 2.50. The van der Waals surface area contributed by atoms with Crippen molar-refractivity contribution in [1.29, 1.82) is 0 Å². The highest BCUT2D eigenvalue weighted by atomic mass is 79.9. The fraction of sp³-hybridized carbons (Fsp3) is 0.400. The zero-order chi connectivity index (χ0) is 14.7. The van der Waals surface area contributed by atoms with Gasteiger partial charge in [-0.25, -0.2) is 4.98 Å². The molecule has 0 unspecified atom stereocenters. The molecule has 0 aliphatic carbocycles. The van der Waals surface area contributed by atoms with E-state index in [1.54, 1.807) is 13.3 Å². The van der Waals surface area contributed by atoms with Crippen LogP contribution in [0.3, 0.4) is 0 Å². The summed E-state index contributed by atoms with van der Waals surface area (Å²) in [6.07, 6.45) is 4.72. The van der Waals surface area contributed by atoms with Gasteiger partial charge in [0.25, 0.3) is 0 Å². The molecular formula is C15H18BrN3O2. The average Bonchev–Trinajstić information content (AvgIpc) is 3.10. The molecule has 1 N–H and O–H groups in total. The lowest BCUT2D eigenvalue weighted by atomic mass is 10.1. The lowest BCUT2D eigenvalue weighted by Gasteiger charge is -2.12. The van der Waals surface area contributed by atoms with E-state index >= 15 is 0 Å². The quantitative estimate of drug-likeness (QED) is 0.869. The highest BCUT2D eigenvalue weighted by Gasteiger charge is 2.17. The molecule has 0 bridgehead atoms. The number of anilines is 1. The van der Waals surface area contributed by atoms with E-state index in [2.05, 4.69) is 38.4 Å². The van der Waals surface area contributed by atoms with E-state index in [1.165, 1.54) is 5.56 Å². The SMILES string of the molecule is COCCn1ccnc1NCc1cc(Br)cc2c1OCC2. The van der Waals surface area contributed by atoms with Crippen LogP contribution in [0.25, 0.3) is 0 Å². The predicted octanol–water partition coefficient (Wildman–Crippen LogP) is 2.84. The molecule has 0 saturated heterocycles. The van der Waals surface area contributed by atoms with Gasteiger partial charge in [0.15, 0.2) is 0 Å². The number of nitrogens with zero attached hydrogens (tertiary/aromatic N) is 2. The number of ether oxygens (including phenoxy) is 2. The molecule has 2 aromatic rings. The summed E-state index contributed by atoms with van der Waals surface area (Å²) >= 11 is 3.56. The van der Waals surface area contributed by atoms with Gasteiger partial charge in [-0.15, -0.1) is 0 Å². The molecular weight excluding hydrogens is 334 g/mol. The molecule has 3 rings (SSSR count). The van der Waals surface area contributed by atoms with E-state index in [4.69, 9.17) is 9.47 Å². The third-order valence-electron chi connectivity index (χ3n) is 3.51. The first-order valence-corrected chi connectivity index (χ1v) is 7.75. The molecule has 0 fully saturated rings. The maximum atomic E-state index is 5.74. The van der Waals surface area contributed by atoms with Gasteiger partial charge in [0.1, 0.15) is 5.75 Å². The summed E-state index contributed by atoms with van der Waals surface area (Å²) in [7, 11) is 1.70. The van der Waals surface area contributed by atoms with Gasteiger partial charge in [-0.3, -0.25) is 0 Å². The number of nitrogens with one attached hydrogen (secondary N) is 1. The molecule has 112 valence electrons. The second-order valence-electron chi connectivity index (χ2n) is 4.94. The topological polar surface area (TPSA) is 48.3 Å². The van der Waals surface area contributed by atoms with Crippen molar-refractivity contribution < 1.29 is 9.47 Å². The zero-order valence-electron chi connectivity index (χ0n) is 11.9. The third kappa shape index (κ3) is 3.22. The van der Waals surface area contributed by atoms with Crippen LogP contribution in [0.15, 0.2) is 29.0 Å². The van der Waals surface area contributed by atoms with Crippen LogP contribution in [0.1, 0.15) is 11.1 Å². The number of hydrogen-bond acceptors (Lipinski definition) is 4. The van der Waals surface area contributed by atoms with Crippen molar-refractivity contribution in [3.8, 4) is 5.75 Å². The highest BCUT2D eigenvalue weighted by molar-refractivity contribution is 9.10. The largest absolute Gasteiger partial charge is 0.493 e. The van der Waals surface area contributed by atoms with Crippen LogP contribution in [-0.2, 0) is 24.2 Å². The predicted molar refractivity (Wildman–Crippen MR) is 84.8 cm³/mol. The molecule has 0 atom stereocenters. The van der Waals surface area contributed by atoms with Crippen LogP contribution >= 0.6 is 15.9 Å². The van der Waals surface area contributed by atoms with Crippen molar-refractivity contribution in [2.45, 2.75) is 19.5 Å². The van der Waals surface area contributed by atoms with Gasteiger partial charge < -0.3 is 19.4 Å². The number of halogens is 1. The number of fused-ring (bicyclic) bond motifs is 1. The summed E-state index contributed by atoms with van der Waals surface area (Å²) in [5.41, 5.74) is 2.42. The molecule has 0 amide bonds. The Morgan fingerprint density at radius 1 is 1.48 bits per heavy atom. The summed E-state index contributed by atoms with van der Waals surface area (Å²) in [5.74, 6) is 1.86. The van der Waals surface area contributed by atoms with Crippen LogP contribution in [0, 0.1) is 0 Å². The molecule has 0 saturated carbocycles. The van der Waals surface area contributed by atoms with E-state index in [9.17, 15) is 0 Å². The van der Waals surface area contributed by atoms with E-state index in [0.717, 1.165) is 41.3 Å². The molecule has 6 heteroatoms. The number of aromatic nitrogens is 2. The second kappa shape index (κ2) is 6.49. The Balaban J connectivity index is 1.72. The Kier molecular flexibility index (Phi) is 4.45. The standard InChI is InChI=1S/C15H18BrN3O2/c1-20-7-5-19-4-3-17-15(19)18-10-12-9-13(16)8-11-2-6-21-14(11)12/h3-4,8-9H,2,5-7,10H2,1H3,(H,17,18). The molecule has 21 heavy (non-hydrogen) atoms. The molecule has 1 aromatic carbocycles. The van der Waals surface area contributed by atoms with Gasteiger partial charge in [0.2, 0.25) is 5.95 Å². The van der Waals surface area contributed by atoms with Gasteiger partial charge in [0, 0.05) is 49.0 Å². The fourth-order valence-corrected chi connectivity index (χ4v) is 3.05. The van der Waals surface area contributed by atoms with Crippen LogP contribution < -0.4 is 10.1 Å². The smallest absolute Gasteiger partial charge is 0.203 e. The van der Waals surface area contributed by atoms with Crippen molar-refractivity contribution in [3.63, 3.8) is 0 Å². The Hall–Kier alpha value is -1.53. The van der Waals surface area contributed by atoms with E-state index < -0.39 is 0 Å². The summed E-state index contributed by atoms with van der Waals surface area (Å²) in [6.45, 7) is 2.90. The molecule has 0 spiro atoms. The van der Waals surface area contributed by atoms with Gasteiger partial charge in [-0.1, -0.05) is 15.9 Å². The van der Waals surface area contributed by atoms with E-state index in [0.29, 0.717) is 13.2 Å². The molecule has 5 nitrogen and oxygen atoms in total. The van der Waals surface area contributed by atoms with Crippen LogP contribution in [0.4, 0.5) is 5.95 Å². The number of benzene rings is 1. The Bertz CT molecular complexity index is 627. The van der Waals surface area contributed by atoms with Crippen molar-refractivity contribution >= 4 is 21.9 Å². The maximum absolute atomic E-state index is 5.74. The molecule has 1 aromatic heterocycles. The van der Waals surface area contributed by atoms with Crippen molar-refractivity contribution in [3.05, 3.63) is 40.1 Å². The van der Waals surface area contributed by atoms with E-state index in [-0.39, 0.29) is 0 Å². The number of rotatable bonds is 6. The van der Waals surface area contributed by atoms with Gasteiger partial charge in [-0.2, -0.15) is 0 Å². The summed E-state index contributed by atoms with van der Waals surface area (Å²) in [4.78, 5) is 4.34. The van der Waals surface area contributed by atoms with Crippen molar-refractivity contribution in [1.82, 2.24) is 9.55 Å². The summed E-state index contributed by atoms with van der Waals surface area (Å²) in [5, 5.41) is 3.37. The van der Waals surface area contributed by atoms with Crippen molar-refractivity contribution in [2.75, 3.05) is 25.6 Å². The van der Waals surface area contributed by atoms with Gasteiger partial charge >= 0.3 is 0 Å². The summed E-state index contributed by atoms with van der Waals surface area (Å²) < 4.78 is 14.0. The highest BCUT2D eigenvalue weighted by Crippen LogP contribution is 2.33. The molecule has 1 aliphatic rings. The first kappa shape index (κ1) is 14.4. The average molecular weight is 352 g/mol. The lowest BCUT2D eigenvalue weighted by molar-refractivity contribution is 0.187. The number of methoxy groups -OCH3 is 1. The molecule has 1 aliphatic heterocycles. The first-order valence-electron chi connectivity index (χ1n) is 6.96. The van der Waals surface area contributed by atoms with E-state index in [1.807, 2.05) is 10.8 Å². The third-order valence-corrected chi connectivity index (χ3v) is 3.97. The molecule has 0 radical (unpaired) electrons. The number of imidazole rings is 1. The molecule has 2 heterocycles. The van der Waals surface area contributed by atoms with Gasteiger partial charge in [0.05, 0.1) is 13.2 Å². The zero-order valence-corrected chi connectivity index (χ0v) is 13.5. The van der Waals surface area contributed by atoms with Crippen LogP contribution in [0.5, 0.6) is 5.75 Å².